The van der Waals surface area contributed by atoms with Gasteiger partial charge in [0.2, 0.25) is 0 Å². The Balaban J connectivity index is 3.42. The van der Waals surface area contributed by atoms with Gasteiger partial charge in [-0.25, -0.2) is 0 Å². The number of Topliss-reactive ketones (excluding diaryl/α,β-unsaturated/α-hetero) is 1. The highest BCUT2D eigenvalue weighted by atomic mass is 16.1. The summed E-state index contributed by atoms with van der Waals surface area (Å²) in [6.45, 7) is 8.96. The van der Waals surface area contributed by atoms with Crippen LogP contribution >= 0.6 is 0 Å². The second-order valence-corrected chi connectivity index (χ2v) is 13.0. The highest BCUT2D eigenvalue weighted by Gasteiger charge is 2.19. The van der Waals surface area contributed by atoms with Gasteiger partial charge >= 0.3 is 0 Å². The average Bonchev–Trinajstić information content (AvgIpc) is 2.92. The van der Waals surface area contributed by atoms with Gasteiger partial charge in [-0.2, -0.15) is 0 Å². The number of rotatable bonds is 32. The van der Waals surface area contributed by atoms with Gasteiger partial charge in [0, 0.05) is 11.8 Å². The van der Waals surface area contributed by atoms with E-state index >= 15 is 0 Å². The topological polar surface area (TPSA) is 17.1 Å². The molecule has 0 aliphatic rings. The summed E-state index contributed by atoms with van der Waals surface area (Å²) in [5.74, 6) is 1.08. The third kappa shape index (κ3) is 27.2. The molecule has 0 aromatic heterocycles. The van der Waals surface area contributed by atoms with Crippen LogP contribution in [0, 0.1) is 11.8 Å². The Morgan fingerprint density at radius 1 is 0.342 bits per heavy atom. The fourth-order valence-electron chi connectivity index (χ4n) is 6.06. The van der Waals surface area contributed by atoms with Gasteiger partial charge in [-0.3, -0.25) is 4.79 Å². The first kappa shape index (κ1) is 37.7. The Kier molecular flexibility index (Phi) is 30.9. The Morgan fingerprint density at radius 3 is 0.737 bits per heavy atom. The van der Waals surface area contributed by atoms with E-state index in [0.29, 0.717) is 5.78 Å². The number of unbranched alkanes of at least 4 members (excludes halogenated alkanes) is 26. The molecule has 0 aliphatic heterocycles. The summed E-state index contributed by atoms with van der Waals surface area (Å²) in [6.07, 6.45) is 41.5. The van der Waals surface area contributed by atoms with Crippen molar-refractivity contribution in [3.8, 4) is 0 Å². The first-order valence-electron chi connectivity index (χ1n) is 18.2. The fraction of sp³-hybridized carbons (Fsp3) is 0.973. The average molecular weight is 535 g/mol. The molecule has 0 aromatic rings. The first-order valence-corrected chi connectivity index (χ1v) is 18.2. The van der Waals surface area contributed by atoms with Gasteiger partial charge in [-0.15, -0.1) is 0 Å². The lowest BCUT2D eigenvalue weighted by Gasteiger charge is -2.16. The molecule has 0 N–H and O–H groups in total. The smallest absolute Gasteiger partial charge is 0.138 e. The molecule has 38 heavy (non-hydrogen) atoms. The Morgan fingerprint density at radius 2 is 0.526 bits per heavy atom. The fourth-order valence-corrected chi connectivity index (χ4v) is 6.06. The Hall–Kier alpha value is -0.330. The van der Waals surface area contributed by atoms with E-state index in [1.807, 2.05) is 0 Å². The summed E-state index contributed by atoms with van der Waals surface area (Å²) < 4.78 is 0. The summed E-state index contributed by atoms with van der Waals surface area (Å²) in [5.41, 5.74) is 0. The number of hydrogen-bond donors (Lipinski definition) is 0. The van der Waals surface area contributed by atoms with Crippen molar-refractivity contribution in [2.24, 2.45) is 11.8 Å². The minimum atomic E-state index is 0.272. The standard InChI is InChI=1S/C37H74O/c1-5-7-9-11-13-15-17-19-21-23-25-27-29-31-33-35(3)37(38)36(4)34-32-30-28-26-24-22-20-18-16-14-12-10-8-6-2/h35-36H,5-34H2,1-4H3. The lowest BCUT2D eigenvalue weighted by Crippen LogP contribution is -2.19. The lowest BCUT2D eigenvalue weighted by molar-refractivity contribution is -0.126. The first-order chi connectivity index (χ1) is 18.6. The van der Waals surface area contributed by atoms with Crippen molar-refractivity contribution in [1.82, 2.24) is 0 Å². The summed E-state index contributed by atoms with van der Waals surface area (Å²) in [7, 11) is 0. The monoisotopic (exact) mass is 535 g/mol. The molecule has 2 unspecified atom stereocenters. The zero-order valence-electron chi connectivity index (χ0n) is 27.3. The van der Waals surface area contributed by atoms with Gasteiger partial charge in [-0.1, -0.05) is 207 Å². The molecule has 0 radical (unpaired) electrons. The predicted octanol–water partition coefficient (Wildman–Crippen LogP) is 13.6. The molecule has 0 amide bonds. The normalized spacial score (nSPS) is 13.2. The van der Waals surface area contributed by atoms with Crippen LogP contribution in [0.15, 0.2) is 0 Å². The van der Waals surface area contributed by atoms with Gasteiger partial charge < -0.3 is 0 Å². The maximum atomic E-state index is 12.8. The van der Waals surface area contributed by atoms with Gasteiger partial charge in [0.25, 0.3) is 0 Å². The van der Waals surface area contributed by atoms with E-state index in [-0.39, 0.29) is 11.8 Å². The minimum Gasteiger partial charge on any atom is -0.299 e. The zero-order chi connectivity index (χ0) is 27.9. The maximum absolute atomic E-state index is 12.8. The minimum absolute atomic E-state index is 0.272. The van der Waals surface area contributed by atoms with E-state index in [9.17, 15) is 4.79 Å². The summed E-state index contributed by atoms with van der Waals surface area (Å²) in [5, 5.41) is 0. The molecule has 0 aliphatic carbocycles. The molecule has 0 bridgehead atoms. The van der Waals surface area contributed by atoms with Crippen molar-refractivity contribution in [2.45, 2.75) is 220 Å². The largest absolute Gasteiger partial charge is 0.299 e. The van der Waals surface area contributed by atoms with E-state index in [2.05, 4.69) is 27.7 Å². The van der Waals surface area contributed by atoms with Crippen LogP contribution < -0.4 is 0 Å². The van der Waals surface area contributed by atoms with Crippen LogP contribution in [0.5, 0.6) is 0 Å². The number of carbonyl (C=O) groups is 1. The molecule has 0 saturated carbocycles. The highest BCUT2D eigenvalue weighted by Crippen LogP contribution is 2.21. The van der Waals surface area contributed by atoms with E-state index in [4.69, 9.17) is 0 Å². The number of carbonyl (C=O) groups excluding carboxylic acids is 1. The Bertz CT molecular complexity index is 416. The van der Waals surface area contributed by atoms with Crippen molar-refractivity contribution in [3.05, 3.63) is 0 Å². The van der Waals surface area contributed by atoms with Gasteiger partial charge in [-0.05, 0) is 12.8 Å². The van der Waals surface area contributed by atoms with Gasteiger partial charge in [0.15, 0.2) is 0 Å². The van der Waals surface area contributed by atoms with Crippen LogP contribution in [0.2, 0.25) is 0 Å². The molecule has 0 rings (SSSR count). The maximum Gasteiger partial charge on any atom is 0.138 e. The summed E-state index contributed by atoms with van der Waals surface area (Å²) in [6, 6.07) is 0. The third-order valence-corrected chi connectivity index (χ3v) is 8.95. The number of ketones is 1. The van der Waals surface area contributed by atoms with Crippen LogP contribution in [0.25, 0.3) is 0 Å². The second kappa shape index (κ2) is 31.2. The van der Waals surface area contributed by atoms with Crippen molar-refractivity contribution in [1.29, 1.82) is 0 Å². The lowest BCUT2D eigenvalue weighted by atomic mass is 9.88. The molecule has 1 nitrogen and oxygen atoms in total. The molecule has 228 valence electrons. The third-order valence-electron chi connectivity index (χ3n) is 8.95. The molecule has 0 saturated heterocycles. The van der Waals surface area contributed by atoms with E-state index in [0.717, 1.165) is 12.8 Å². The van der Waals surface area contributed by atoms with Gasteiger partial charge in [0.1, 0.15) is 5.78 Å². The molecular formula is C37H74O. The van der Waals surface area contributed by atoms with Crippen LogP contribution in [0.3, 0.4) is 0 Å². The van der Waals surface area contributed by atoms with Crippen LogP contribution in [-0.2, 0) is 4.79 Å². The SMILES string of the molecule is CCCCCCCCCCCCCCCCC(C)C(=O)C(C)CCCCCCCCCCCCCCCC. The highest BCUT2D eigenvalue weighted by molar-refractivity contribution is 5.82. The summed E-state index contributed by atoms with van der Waals surface area (Å²) >= 11 is 0. The molecule has 0 heterocycles. The van der Waals surface area contributed by atoms with Crippen molar-refractivity contribution >= 4 is 5.78 Å². The Labute approximate surface area is 242 Å². The molecular weight excluding hydrogens is 460 g/mol. The predicted molar refractivity (Wildman–Crippen MR) is 173 cm³/mol. The quantitative estimate of drug-likeness (QED) is 0.0784. The summed E-state index contributed by atoms with van der Waals surface area (Å²) in [4.78, 5) is 12.8. The van der Waals surface area contributed by atoms with Crippen molar-refractivity contribution < 1.29 is 4.79 Å². The van der Waals surface area contributed by atoms with Crippen molar-refractivity contribution in [3.63, 3.8) is 0 Å². The van der Waals surface area contributed by atoms with E-state index < -0.39 is 0 Å². The van der Waals surface area contributed by atoms with Crippen LogP contribution in [0.4, 0.5) is 0 Å². The molecule has 0 aromatic carbocycles. The number of hydrogen-bond acceptors (Lipinski definition) is 1. The van der Waals surface area contributed by atoms with Crippen LogP contribution in [0.1, 0.15) is 220 Å². The molecule has 0 spiro atoms. The molecule has 1 heteroatoms. The van der Waals surface area contributed by atoms with Gasteiger partial charge in [0.05, 0.1) is 0 Å². The van der Waals surface area contributed by atoms with E-state index in [1.165, 1.54) is 180 Å². The van der Waals surface area contributed by atoms with Crippen LogP contribution in [-0.4, -0.2) is 5.78 Å². The molecule has 2 atom stereocenters. The second-order valence-electron chi connectivity index (χ2n) is 13.0. The zero-order valence-corrected chi connectivity index (χ0v) is 27.3. The van der Waals surface area contributed by atoms with E-state index in [1.54, 1.807) is 0 Å². The van der Waals surface area contributed by atoms with Crippen molar-refractivity contribution in [2.75, 3.05) is 0 Å². The molecule has 0 fully saturated rings.